The van der Waals surface area contributed by atoms with Gasteiger partial charge in [0.2, 0.25) is 5.13 Å². The van der Waals surface area contributed by atoms with Gasteiger partial charge in [-0.3, -0.25) is 0 Å². The molecule has 1 aliphatic rings. The Balaban J connectivity index is 1.57. The van der Waals surface area contributed by atoms with Crippen LogP contribution in [0.3, 0.4) is 0 Å². The Morgan fingerprint density at radius 2 is 2.23 bits per heavy atom. The second-order valence-electron chi connectivity index (χ2n) is 6.48. The van der Waals surface area contributed by atoms with Crippen LogP contribution >= 0.6 is 34.9 Å². The first kappa shape index (κ1) is 17.8. The van der Waals surface area contributed by atoms with Gasteiger partial charge in [0, 0.05) is 13.0 Å². The molecule has 0 radical (unpaired) electrons. The molecule has 26 heavy (non-hydrogen) atoms. The van der Waals surface area contributed by atoms with Crippen molar-refractivity contribution in [2.75, 3.05) is 18.4 Å². The van der Waals surface area contributed by atoms with Crippen molar-refractivity contribution in [2.24, 2.45) is 0 Å². The number of para-hydroxylation sites is 1. The number of fused-ring (bicyclic) bond motifs is 1. The maximum Gasteiger partial charge on any atom is 0.205 e. The normalized spacial score (nSPS) is 20.3. The molecule has 5 nitrogen and oxygen atoms in total. The molecule has 2 N–H and O–H groups in total. The fourth-order valence-electron chi connectivity index (χ4n) is 3.43. The number of piperidine rings is 1. The lowest BCUT2D eigenvalue weighted by Gasteiger charge is -2.30. The van der Waals surface area contributed by atoms with Gasteiger partial charge in [0.1, 0.15) is 6.04 Å². The molecule has 4 rings (SSSR count). The largest absolute Gasteiger partial charge is 0.357 e. The van der Waals surface area contributed by atoms with E-state index in [9.17, 15) is 0 Å². The molecule has 1 aliphatic heterocycles. The van der Waals surface area contributed by atoms with E-state index in [-0.39, 0.29) is 0 Å². The molecular formula is C18H22N5S3+. The minimum Gasteiger partial charge on any atom is -0.357 e. The summed E-state index contributed by atoms with van der Waals surface area (Å²) >= 11 is 8.88. The number of nitrogens with one attached hydrogen (secondary N) is 2. The van der Waals surface area contributed by atoms with Crippen molar-refractivity contribution in [3.05, 3.63) is 45.9 Å². The third kappa shape index (κ3) is 3.73. The summed E-state index contributed by atoms with van der Waals surface area (Å²) in [4.78, 5) is 6.42. The first-order chi connectivity index (χ1) is 12.7. The summed E-state index contributed by atoms with van der Waals surface area (Å²) in [5.74, 6) is 0. The second kappa shape index (κ2) is 7.96. The van der Waals surface area contributed by atoms with Crippen LogP contribution in [0.1, 0.15) is 30.3 Å². The predicted molar refractivity (Wildman–Crippen MR) is 112 cm³/mol. The zero-order valence-electron chi connectivity index (χ0n) is 14.5. The zero-order chi connectivity index (χ0) is 17.9. The van der Waals surface area contributed by atoms with Crippen LogP contribution in [-0.4, -0.2) is 27.9 Å². The highest BCUT2D eigenvalue weighted by Crippen LogP contribution is 2.28. The molecule has 0 bridgehead atoms. The molecule has 0 aliphatic carbocycles. The van der Waals surface area contributed by atoms with Crippen LogP contribution in [0.15, 0.2) is 36.9 Å². The fraction of sp³-hybridized carbons (Fsp3) is 0.389. The average Bonchev–Trinajstić information content (AvgIpc) is 3.24. The number of rotatable bonds is 6. The Morgan fingerprint density at radius 3 is 3.08 bits per heavy atom. The fourth-order valence-corrected chi connectivity index (χ4v) is 5.61. The number of quaternary nitrogens is 1. The lowest BCUT2D eigenvalue weighted by molar-refractivity contribution is -0.959. The van der Waals surface area contributed by atoms with Crippen LogP contribution in [0.25, 0.3) is 10.2 Å². The Morgan fingerprint density at radius 1 is 1.35 bits per heavy atom. The summed E-state index contributed by atoms with van der Waals surface area (Å²) in [7, 11) is 0. The Labute approximate surface area is 166 Å². The summed E-state index contributed by atoms with van der Waals surface area (Å²) < 4.78 is 4.05. The maximum absolute atomic E-state index is 5.53. The van der Waals surface area contributed by atoms with Gasteiger partial charge in [-0.1, -0.05) is 29.5 Å². The molecule has 3 aromatic rings. The van der Waals surface area contributed by atoms with Crippen molar-refractivity contribution in [2.45, 2.75) is 32.0 Å². The van der Waals surface area contributed by atoms with E-state index in [0.717, 1.165) is 27.8 Å². The van der Waals surface area contributed by atoms with Crippen LogP contribution in [0, 0.1) is 3.95 Å². The molecule has 8 heteroatoms. The summed E-state index contributed by atoms with van der Waals surface area (Å²) in [5, 5.41) is 9.99. The third-order valence-corrected chi connectivity index (χ3v) is 7.11. The molecule has 136 valence electrons. The number of nitrogens with zero attached hydrogens (tertiary/aromatic N) is 3. The quantitative estimate of drug-likeness (QED) is 0.486. The highest BCUT2D eigenvalue weighted by Gasteiger charge is 2.31. The summed E-state index contributed by atoms with van der Waals surface area (Å²) in [6.07, 6.45) is 5.51. The minimum atomic E-state index is 0.425. The molecule has 1 aromatic carbocycles. The van der Waals surface area contributed by atoms with Gasteiger partial charge in [0.15, 0.2) is 15.6 Å². The van der Waals surface area contributed by atoms with E-state index in [1.165, 1.54) is 45.2 Å². The molecule has 0 spiro atoms. The molecular weight excluding hydrogens is 382 g/mol. The van der Waals surface area contributed by atoms with Gasteiger partial charge < -0.3 is 10.2 Å². The van der Waals surface area contributed by atoms with Crippen molar-refractivity contribution >= 4 is 50.2 Å². The Hall–Kier alpha value is -1.61. The summed E-state index contributed by atoms with van der Waals surface area (Å²) in [6, 6.07) is 8.83. The van der Waals surface area contributed by atoms with Crippen molar-refractivity contribution in [3.8, 4) is 0 Å². The molecule has 1 fully saturated rings. The predicted octanol–water partition coefficient (Wildman–Crippen LogP) is 3.65. The van der Waals surface area contributed by atoms with E-state index in [4.69, 9.17) is 17.2 Å². The molecule has 1 saturated heterocycles. The first-order valence-electron chi connectivity index (χ1n) is 8.87. The summed E-state index contributed by atoms with van der Waals surface area (Å²) in [5.41, 5.74) is 1.11. The van der Waals surface area contributed by atoms with Gasteiger partial charge in [-0.2, -0.15) is 4.68 Å². The van der Waals surface area contributed by atoms with Gasteiger partial charge in [0.05, 0.1) is 16.8 Å². The van der Waals surface area contributed by atoms with E-state index in [1.807, 2.05) is 22.1 Å². The number of benzene rings is 1. The second-order valence-corrected chi connectivity index (χ2v) is 9.16. The third-order valence-electron chi connectivity index (χ3n) is 4.70. The summed E-state index contributed by atoms with van der Waals surface area (Å²) in [6.45, 7) is 6.36. The molecule has 0 saturated carbocycles. The highest BCUT2D eigenvalue weighted by molar-refractivity contribution is 7.73. The van der Waals surface area contributed by atoms with E-state index in [2.05, 4.69) is 41.3 Å². The monoisotopic (exact) mass is 404 g/mol. The molecule has 1 unspecified atom stereocenters. The lowest BCUT2D eigenvalue weighted by atomic mass is 10.0. The van der Waals surface area contributed by atoms with E-state index < -0.39 is 0 Å². The zero-order valence-corrected chi connectivity index (χ0v) is 16.9. The molecule has 2 atom stereocenters. The SMILES string of the molecule is C=CCNc1nn(C[NH+]2CCCC[C@H]2c2nc3ccccc3s2)c(=S)s1. The number of thiazole rings is 1. The molecule has 0 amide bonds. The minimum absolute atomic E-state index is 0.425. The van der Waals surface area contributed by atoms with Crippen LogP contribution < -0.4 is 10.2 Å². The van der Waals surface area contributed by atoms with Crippen molar-refractivity contribution < 1.29 is 4.90 Å². The maximum atomic E-state index is 5.53. The standard InChI is InChI=1S/C18H21N5S3/c1-2-10-19-17-21-23(18(24)26-17)12-22-11-6-5-8-14(22)16-20-13-7-3-4-9-15(13)25-16/h2-4,7,9,14H,1,5-6,8,10-12H2,(H,19,21)/p+1/t14-/m0/s1. The lowest BCUT2D eigenvalue weighted by Crippen LogP contribution is -3.12. The van der Waals surface area contributed by atoms with Crippen LogP contribution in [0.2, 0.25) is 0 Å². The number of hydrogen-bond donors (Lipinski definition) is 2. The molecule has 2 aromatic heterocycles. The number of likely N-dealkylation sites (tertiary alicyclic amines) is 1. The van der Waals surface area contributed by atoms with Gasteiger partial charge in [-0.15, -0.1) is 23.0 Å². The van der Waals surface area contributed by atoms with Crippen molar-refractivity contribution in [3.63, 3.8) is 0 Å². The average molecular weight is 405 g/mol. The van der Waals surface area contributed by atoms with Crippen LogP contribution in [0.5, 0.6) is 0 Å². The number of aromatic nitrogens is 3. The Kier molecular flexibility index (Phi) is 5.44. The first-order valence-corrected chi connectivity index (χ1v) is 10.9. The molecule has 3 heterocycles. The van der Waals surface area contributed by atoms with Gasteiger partial charge in [-0.25, -0.2) is 4.98 Å². The van der Waals surface area contributed by atoms with Crippen LogP contribution in [-0.2, 0) is 6.67 Å². The highest BCUT2D eigenvalue weighted by atomic mass is 32.1. The Bertz CT molecular complexity index is 924. The smallest absolute Gasteiger partial charge is 0.205 e. The number of hydrogen-bond acceptors (Lipinski definition) is 6. The van der Waals surface area contributed by atoms with Crippen molar-refractivity contribution in [1.29, 1.82) is 0 Å². The van der Waals surface area contributed by atoms with Gasteiger partial charge >= 0.3 is 0 Å². The van der Waals surface area contributed by atoms with E-state index >= 15 is 0 Å². The van der Waals surface area contributed by atoms with E-state index in [0.29, 0.717) is 12.6 Å². The van der Waals surface area contributed by atoms with E-state index in [1.54, 1.807) is 0 Å². The topological polar surface area (TPSA) is 47.2 Å². The van der Waals surface area contributed by atoms with Gasteiger partial charge in [-0.05, 0) is 37.2 Å². The van der Waals surface area contributed by atoms with Crippen molar-refractivity contribution in [1.82, 2.24) is 14.8 Å². The van der Waals surface area contributed by atoms with Gasteiger partial charge in [0.25, 0.3) is 0 Å². The van der Waals surface area contributed by atoms with Crippen LogP contribution in [0.4, 0.5) is 5.13 Å². The number of anilines is 1.